The first-order valence-corrected chi connectivity index (χ1v) is 11.6. The Hall–Kier alpha value is -3.61. The predicted molar refractivity (Wildman–Crippen MR) is 127 cm³/mol. The fourth-order valence-corrected chi connectivity index (χ4v) is 4.53. The molecule has 0 saturated carbocycles. The van der Waals surface area contributed by atoms with Crippen LogP contribution in [0.1, 0.15) is 52.3 Å². The molecule has 4 nitrogen and oxygen atoms in total. The summed E-state index contributed by atoms with van der Waals surface area (Å²) in [6.07, 6.45) is -3.57. The maximum Gasteiger partial charge on any atom is 0.416 e. The van der Waals surface area contributed by atoms with Gasteiger partial charge in [-0.05, 0) is 53.3 Å². The van der Waals surface area contributed by atoms with Crippen molar-refractivity contribution in [2.45, 2.75) is 44.9 Å². The van der Waals surface area contributed by atoms with Crippen LogP contribution in [0.5, 0.6) is 0 Å². The molecule has 4 rings (SSSR count). The van der Waals surface area contributed by atoms with Crippen LogP contribution in [0.15, 0.2) is 72.8 Å². The van der Waals surface area contributed by atoms with E-state index in [1.165, 1.54) is 17.7 Å². The number of carbonyl (C=O) groups is 2. The van der Waals surface area contributed by atoms with Gasteiger partial charge in [0.05, 0.1) is 11.6 Å². The van der Waals surface area contributed by atoms with E-state index >= 15 is 0 Å². The number of halogens is 3. The van der Waals surface area contributed by atoms with Gasteiger partial charge in [-0.25, -0.2) is 0 Å². The molecule has 35 heavy (non-hydrogen) atoms. The zero-order chi connectivity index (χ0) is 25.0. The van der Waals surface area contributed by atoms with Gasteiger partial charge in [-0.3, -0.25) is 9.59 Å². The van der Waals surface area contributed by atoms with Crippen LogP contribution in [0.25, 0.3) is 0 Å². The molecule has 0 aromatic heterocycles. The summed E-state index contributed by atoms with van der Waals surface area (Å²) >= 11 is 0. The van der Waals surface area contributed by atoms with Crippen molar-refractivity contribution in [1.29, 1.82) is 0 Å². The standard InChI is InChI=1S/C28H27F3N2O2/c1-19-6-2-4-8-23(19)27-24-9-5-3-7-21(24)16-17-33(27)26(35)15-14-25(34)32-18-20-10-12-22(13-11-20)28(29,30)31/h2-13,27H,14-18H2,1H3,(H,32,34). The third-order valence-corrected chi connectivity index (χ3v) is 6.42. The van der Waals surface area contributed by atoms with Gasteiger partial charge in [0.1, 0.15) is 0 Å². The normalized spacial score (nSPS) is 15.4. The van der Waals surface area contributed by atoms with E-state index in [0.717, 1.165) is 35.2 Å². The lowest BCUT2D eigenvalue weighted by atomic mass is 9.86. The van der Waals surface area contributed by atoms with Crippen LogP contribution in [0.4, 0.5) is 13.2 Å². The Morgan fingerprint density at radius 3 is 2.26 bits per heavy atom. The smallest absolute Gasteiger partial charge is 0.352 e. The molecule has 2 amide bonds. The van der Waals surface area contributed by atoms with Gasteiger partial charge in [0, 0.05) is 25.9 Å². The number of amides is 2. The maximum atomic E-state index is 13.3. The number of nitrogens with zero attached hydrogens (tertiary/aromatic N) is 1. The van der Waals surface area contributed by atoms with E-state index in [2.05, 4.69) is 17.4 Å². The average molecular weight is 481 g/mol. The second-order valence-electron chi connectivity index (χ2n) is 8.77. The molecule has 1 aliphatic heterocycles. The molecule has 0 aliphatic carbocycles. The van der Waals surface area contributed by atoms with Crippen molar-refractivity contribution in [2.24, 2.45) is 0 Å². The Morgan fingerprint density at radius 2 is 1.57 bits per heavy atom. The van der Waals surface area contributed by atoms with Crippen LogP contribution in [0.3, 0.4) is 0 Å². The molecule has 1 N–H and O–H groups in total. The number of fused-ring (bicyclic) bond motifs is 1. The summed E-state index contributed by atoms with van der Waals surface area (Å²) in [6, 6.07) is 20.6. The highest BCUT2D eigenvalue weighted by atomic mass is 19.4. The third-order valence-electron chi connectivity index (χ3n) is 6.42. The van der Waals surface area contributed by atoms with Gasteiger partial charge in [0.2, 0.25) is 11.8 Å². The van der Waals surface area contributed by atoms with Crippen LogP contribution in [-0.4, -0.2) is 23.3 Å². The van der Waals surface area contributed by atoms with Gasteiger partial charge >= 0.3 is 6.18 Å². The monoisotopic (exact) mass is 480 g/mol. The molecule has 3 aromatic carbocycles. The fourth-order valence-electron chi connectivity index (χ4n) is 4.53. The fraction of sp³-hybridized carbons (Fsp3) is 0.286. The van der Waals surface area contributed by atoms with Crippen molar-refractivity contribution < 1.29 is 22.8 Å². The molecular formula is C28H27F3N2O2. The second kappa shape index (κ2) is 10.3. The van der Waals surface area contributed by atoms with Gasteiger partial charge < -0.3 is 10.2 Å². The summed E-state index contributed by atoms with van der Waals surface area (Å²) in [7, 11) is 0. The van der Waals surface area contributed by atoms with Gasteiger partial charge in [-0.15, -0.1) is 0 Å². The van der Waals surface area contributed by atoms with Gasteiger partial charge in [0.25, 0.3) is 0 Å². The van der Waals surface area contributed by atoms with E-state index in [0.29, 0.717) is 12.1 Å². The average Bonchev–Trinajstić information content (AvgIpc) is 2.85. The zero-order valence-electron chi connectivity index (χ0n) is 19.4. The van der Waals surface area contributed by atoms with E-state index in [1.54, 1.807) is 0 Å². The molecular weight excluding hydrogens is 453 g/mol. The maximum absolute atomic E-state index is 13.3. The molecule has 3 aromatic rings. The van der Waals surface area contributed by atoms with E-state index in [9.17, 15) is 22.8 Å². The van der Waals surface area contributed by atoms with Crippen molar-refractivity contribution in [2.75, 3.05) is 6.54 Å². The summed E-state index contributed by atoms with van der Waals surface area (Å²) in [5, 5.41) is 2.69. The SMILES string of the molecule is Cc1ccccc1C1c2ccccc2CCN1C(=O)CCC(=O)NCc1ccc(C(F)(F)F)cc1. The number of rotatable bonds is 6. The first kappa shape index (κ1) is 24.5. The third kappa shape index (κ3) is 5.73. The number of aryl methyl sites for hydroxylation is 1. The first-order chi connectivity index (χ1) is 16.7. The van der Waals surface area contributed by atoms with Crippen LogP contribution < -0.4 is 5.32 Å². The molecule has 1 heterocycles. The highest BCUT2D eigenvalue weighted by Crippen LogP contribution is 2.37. The highest BCUT2D eigenvalue weighted by molar-refractivity contribution is 5.84. The molecule has 1 atom stereocenters. The van der Waals surface area contributed by atoms with Crippen molar-refractivity contribution in [1.82, 2.24) is 10.2 Å². The van der Waals surface area contributed by atoms with Gasteiger partial charge in [-0.2, -0.15) is 13.2 Å². The molecule has 0 fully saturated rings. The van der Waals surface area contributed by atoms with Crippen LogP contribution in [-0.2, 0) is 28.7 Å². The molecule has 1 unspecified atom stereocenters. The summed E-state index contributed by atoms with van der Waals surface area (Å²) in [5.41, 5.74) is 4.32. The largest absolute Gasteiger partial charge is 0.416 e. The van der Waals surface area contributed by atoms with E-state index in [4.69, 9.17) is 0 Å². The number of benzene rings is 3. The molecule has 0 spiro atoms. The number of hydrogen-bond donors (Lipinski definition) is 1. The van der Waals surface area contributed by atoms with Crippen molar-refractivity contribution in [3.63, 3.8) is 0 Å². The quantitative estimate of drug-likeness (QED) is 0.501. The summed E-state index contributed by atoms with van der Waals surface area (Å²) in [6.45, 7) is 2.71. The van der Waals surface area contributed by atoms with Crippen LogP contribution in [0, 0.1) is 6.92 Å². The van der Waals surface area contributed by atoms with E-state index < -0.39 is 11.7 Å². The predicted octanol–water partition coefficient (Wildman–Crippen LogP) is 5.58. The minimum atomic E-state index is -4.40. The van der Waals surface area contributed by atoms with Gasteiger partial charge in [-0.1, -0.05) is 60.7 Å². The van der Waals surface area contributed by atoms with Crippen LogP contribution in [0.2, 0.25) is 0 Å². The Morgan fingerprint density at radius 1 is 0.914 bits per heavy atom. The van der Waals surface area contributed by atoms with Crippen LogP contribution >= 0.6 is 0 Å². The zero-order valence-corrected chi connectivity index (χ0v) is 19.4. The number of carbonyl (C=O) groups excluding carboxylic acids is 2. The number of alkyl halides is 3. The van der Waals surface area contributed by atoms with Gasteiger partial charge in [0.15, 0.2) is 0 Å². The molecule has 182 valence electrons. The Balaban J connectivity index is 1.39. The van der Waals surface area contributed by atoms with E-state index in [1.807, 2.05) is 48.2 Å². The summed E-state index contributed by atoms with van der Waals surface area (Å²) in [4.78, 5) is 27.5. The lowest BCUT2D eigenvalue weighted by molar-refractivity contribution is -0.137. The number of nitrogens with one attached hydrogen (secondary N) is 1. The van der Waals surface area contributed by atoms with E-state index in [-0.39, 0.29) is 37.2 Å². The first-order valence-electron chi connectivity index (χ1n) is 11.6. The Kier molecular flexibility index (Phi) is 7.24. The van der Waals surface area contributed by atoms with Crippen molar-refractivity contribution in [3.05, 3.63) is 106 Å². The Bertz CT molecular complexity index is 1210. The molecule has 0 saturated heterocycles. The molecule has 1 aliphatic rings. The lowest BCUT2D eigenvalue weighted by Gasteiger charge is -2.38. The Labute approximate surface area is 202 Å². The topological polar surface area (TPSA) is 49.4 Å². The molecule has 0 radical (unpaired) electrons. The minimum Gasteiger partial charge on any atom is -0.352 e. The molecule has 0 bridgehead atoms. The summed E-state index contributed by atoms with van der Waals surface area (Å²) < 4.78 is 38.1. The summed E-state index contributed by atoms with van der Waals surface area (Å²) in [5.74, 6) is -0.416. The minimum absolute atomic E-state index is 0.0120. The highest BCUT2D eigenvalue weighted by Gasteiger charge is 2.32. The van der Waals surface area contributed by atoms with Crippen molar-refractivity contribution in [3.8, 4) is 0 Å². The number of hydrogen-bond acceptors (Lipinski definition) is 2. The second-order valence-corrected chi connectivity index (χ2v) is 8.77. The van der Waals surface area contributed by atoms with Crippen molar-refractivity contribution >= 4 is 11.8 Å². The molecule has 7 heteroatoms. The lowest BCUT2D eigenvalue weighted by Crippen LogP contribution is -2.41.